The van der Waals surface area contributed by atoms with Crippen molar-refractivity contribution in [3.8, 4) is 0 Å². The monoisotopic (exact) mass is 254 g/mol. The lowest BCUT2D eigenvalue weighted by molar-refractivity contribution is -0.123. The molecule has 0 radical (unpaired) electrons. The summed E-state index contributed by atoms with van der Waals surface area (Å²) in [6, 6.07) is 3.32. The molecule has 3 nitrogen and oxygen atoms in total. The number of benzene rings is 1. The average molecular weight is 254 g/mol. The summed E-state index contributed by atoms with van der Waals surface area (Å²) in [5, 5.41) is 5.67. The minimum Gasteiger partial charge on any atom is -0.358 e. The van der Waals surface area contributed by atoms with Crippen molar-refractivity contribution in [2.45, 2.75) is 24.8 Å². The number of hydrogen-bond donors (Lipinski definition) is 2. The number of hydrogen-bond acceptors (Lipinski definition) is 2. The Hall–Kier alpha value is -1.49. The highest BCUT2D eigenvalue weighted by Gasteiger charge is 2.28. The van der Waals surface area contributed by atoms with Crippen molar-refractivity contribution in [2.75, 3.05) is 13.6 Å². The Bertz CT molecular complexity index is 451. The Balaban J connectivity index is 2.15. The molecular formula is C13H16F2N2O. The van der Waals surface area contributed by atoms with Crippen LogP contribution < -0.4 is 10.6 Å². The van der Waals surface area contributed by atoms with Gasteiger partial charge >= 0.3 is 0 Å². The van der Waals surface area contributed by atoms with Crippen LogP contribution in [0.15, 0.2) is 18.2 Å². The van der Waals surface area contributed by atoms with Crippen molar-refractivity contribution < 1.29 is 13.6 Å². The summed E-state index contributed by atoms with van der Waals surface area (Å²) >= 11 is 0. The third-order valence-corrected chi connectivity index (χ3v) is 3.37. The van der Waals surface area contributed by atoms with Gasteiger partial charge in [0.25, 0.3) is 0 Å². The van der Waals surface area contributed by atoms with Gasteiger partial charge in [0.05, 0.1) is 6.04 Å². The standard InChI is InChI=1S/C13H16F2N2O/c1-16-13(18)12-6-8(4-5-17-12)10-3-2-9(14)7-11(10)15/h2-3,7-8,12,17H,4-6H2,1H3,(H,16,18). The van der Waals surface area contributed by atoms with Crippen molar-refractivity contribution in [3.05, 3.63) is 35.4 Å². The zero-order chi connectivity index (χ0) is 13.1. The normalized spacial score (nSPS) is 23.7. The highest BCUT2D eigenvalue weighted by Crippen LogP contribution is 2.29. The fourth-order valence-electron chi connectivity index (χ4n) is 2.41. The first kappa shape index (κ1) is 13.0. The molecule has 1 saturated heterocycles. The second-order valence-corrected chi connectivity index (χ2v) is 4.51. The molecule has 0 aromatic heterocycles. The van der Waals surface area contributed by atoms with Crippen LogP contribution in [0.2, 0.25) is 0 Å². The molecule has 0 spiro atoms. The summed E-state index contributed by atoms with van der Waals surface area (Å²) in [7, 11) is 1.58. The molecule has 2 atom stereocenters. The fraction of sp³-hybridized carbons (Fsp3) is 0.462. The molecule has 98 valence electrons. The number of carbonyl (C=O) groups excluding carboxylic acids is 1. The molecule has 1 aromatic carbocycles. The van der Waals surface area contributed by atoms with Crippen LogP contribution in [0.4, 0.5) is 8.78 Å². The van der Waals surface area contributed by atoms with E-state index in [0.29, 0.717) is 18.5 Å². The first-order valence-corrected chi connectivity index (χ1v) is 6.01. The Morgan fingerprint density at radius 3 is 2.89 bits per heavy atom. The summed E-state index contributed by atoms with van der Waals surface area (Å²) in [5.41, 5.74) is 0.492. The van der Waals surface area contributed by atoms with Gasteiger partial charge in [0.15, 0.2) is 0 Å². The highest BCUT2D eigenvalue weighted by atomic mass is 19.1. The van der Waals surface area contributed by atoms with Gasteiger partial charge in [-0.2, -0.15) is 0 Å². The van der Waals surface area contributed by atoms with Crippen LogP contribution in [0, 0.1) is 11.6 Å². The van der Waals surface area contributed by atoms with Crippen molar-refractivity contribution >= 4 is 5.91 Å². The maximum atomic E-state index is 13.7. The zero-order valence-corrected chi connectivity index (χ0v) is 10.2. The number of piperidine rings is 1. The Kier molecular flexibility index (Phi) is 3.91. The second-order valence-electron chi connectivity index (χ2n) is 4.51. The minimum atomic E-state index is -0.576. The predicted octanol–water partition coefficient (Wildman–Crippen LogP) is 1.55. The lowest BCUT2D eigenvalue weighted by Gasteiger charge is -2.29. The highest BCUT2D eigenvalue weighted by molar-refractivity contribution is 5.81. The van der Waals surface area contributed by atoms with Gasteiger partial charge in [0.1, 0.15) is 11.6 Å². The largest absolute Gasteiger partial charge is 0.358 e. The van der Waals surface area contributed by atoms with Crippen LogP contribution in [0.25, 0.3) is 0 Å². The molecule has 1 heterocycles. The van der Waals surface area contributed by atoms with Crippen molar-refractivity contribution in [2.24, 2.45) is 0 Å². The molecule has 1 aliphatic heterocycles. The van der Waals surface area contributed by atoms with E-state index in [1.165, 1.54) is 12.1 Å². The third kappa shape index (κ3) is 2.67. The molecule has 18 heavy (non-hydrogen) atoms. The van der Waals surface area contributed by atoms with Crippen molar-refractivity contribution in [1.82, 2.24) is 10.6 Å². The lowest BCUT2D eigenvalue weighted by atomic mass is 9.86. The summed E-state index contributed by atoms with van der Waals surface area (Å²) < 4.78 is 26.5. The van der Waals surface area contributed by atoms with Gasteiger partial charge < -0.3 is 10.6 Å². The summed E-state index contributed by atoms with van der Waals surface area (Å²) in [4.78, 5) is 11.6. The summed E-state index contributed by atoms with van der Waals surface area (Å²) in [6.45, 7) is 0.652. The molecule has 1 aliphatic rings. The molecule has 2 unspecified atom stereocenters. The molecule has 5 heteroatoms. The Morgan fingerprint density at radius 2 is 2.22 bits per heavy atom. The van der Waals surface area contributed by atoms with E-state index in [-0.39, 0.29) is 17.9 Å². The van der Waals surface area contributed by atoms with E-state index >= 15 is 0 Å². The molecule has 1 amide bonds. The lowest BCUT2D eigenvalue weighted by Crippen LogP contribution is -2.47. The van der Waals surface area contributed by atoms with Gasteiger partial charge in [-0.3, -0.25) is 4.79 Å². The van der Waals surface area contributed by atoms with Crippen LogP contribution in [0.3, 0.4) is 0 Å². The molecule has 1 fully saturated rings. The number of carbonyl (C=O) groups is 1. The van der Waals surface area contributed by atoms with Crippen LogP contribution >= 0.6 is 0 Å². The van der Waals surface area contributed by atoms with E-state index in [4.69, 9.17) is 0 Å². The average Bonchev–Trinajstić information content (AvgIpc) is 2.38. The van der Waals surface area contributed by atoms with Gasteiger partial charge in [-0.25, -0.2) is 8.78 Å². The van der Waals surface area contributed by atoms with E-state index in [1.807, 2.05) is 0 Å². The number of nitrogens with one attached hydrogen (secondary N) is 2. The first-order valence-electron chi connectivity index (χ1n) is 6.01. The van der Waals surface area contributed by atoms with Crippen LogP contribution in [0.5, 0.6) is 0 Å². The fourth-order valence-corrected chi connectivity index (χ4v) is 2.41. The maximum absolute atomic E-state index is 13.7. The van der Waals surface area contributed by atoms with Crippen molar-refractivity contribution in [3.63, 3.8) is 0 Å². The molecule has 1 aromatic rings. The molecular weight excluding hydrogens is 238 g/mol. The van der Waals surface area contributed by atoms with Gasteiger partial charge in [-0.15, -0.1) is 0 Å². The molecule has 0 saturated carbocycles. The van der Waals surface area contributed by atoms with Crippen LogP contribution in [0.1, 0.15) is 24.3 Å². The molecule has 0 bridgehead atoms. The molecule has 2 N–H and O–H groups in total. The number of amides is 1. The van der Waals surface area contributed by atoms with E-state index in [0.717, 1.165) is 12.5 Å². The second kappa shape index (κ2) is 5.44. The predicted molar refractivity (Wildman–Crippen MR) is 64.2 cm³/mol. The SMILES string of the molecule is CNC(=O)C1CC(c2ccc(F)cc2F)CCN1. The zero-order valence-electron chi connectivity index (χ0n) is 10.2. The van der Waals surface area contributed by atoms with E-state index in [2.05, 4.69) is 10.6 Å². The number of halogens is 2. The quantitative estimate of drug-likeness (QED) is 0.840. The summed E-state index contributed by atoms with van der Waals surface area (Å²) in [6.07, 6.45) is 1.28. The smallest absolute Gasteiger partial charge is 0.236 e. The molecule has 2 rings (SSSR count). The molecule has 0 aliphatic carbocycles. The number of likely N-dealkylation sites (N-methyl/N-ethyl adjacent to an activating group) is 1. The minimum absolute atomic E-state index is 0.0471. The van der Waals surface area contributed by atoms with E-state index < -0.39 is 11.6 Å². The van der Waals surface area contributed by atoms with Crippen LogP contribution in [-0.2, 0) is 4.79 Å². The van der Waals surface area contributed by atoms with Crippen molar-refractivity contribution in [1.29, 1.82) is 0 Å². The van der Waals surface area contributed by atoms with E-state index in [1.54, 1.807) is 7.05 Å². The topological polar surface area (TPSA) is 41.1 Å². The third-order valence-electron chi connectivity index (χ3n) is 3.37. The Labute approximate surface area is 105 Å². The van der Waals surface area contributed by atoms with Gasteiger partial charge in [0, 0.05) is 13.1 Å². The van der Waals surface area contributed by atoms with Gasteiger partial charge in [0.2, 0.25) is 5.91 Å². The van der Waals surface area contributed by atoms with Gasteiger partial charge in [-0.05, 0) is 36.9 Å². The van der Waals surface area contributed by atoms with E-state index in [9.17, 15) is 13.6 Å². The summed E-state index contributed by atoms with van der Waals surface area (Å²) in [5.74, 6) is -1.25. The van der Waals surface area contributed by atoms with Crippen LogP contribution in [-0.4, -0.2) is 25.5 Å². The first-order chi connectivity index (χ1) is 8.61. The number of rotatable bonds is 2. The van der Waals surface area contributed by atoms with Gasteiger partial charge in [-0.1, -0.05) is 6.07 Å². The maximum Gasteiger partial charge on any atom is 0.236 e. The Morgan fingerprint density at radius 1 is 1.44 bits per heavy atom.